The second kappa shape index (κ2) is 8.00. The second-order valence-electron chi connectivity index (χ2n) is 7.24. The van der Waals surface area contributed by atoms with Crippen molar-refractivity contribution in [2.75, 3.05) is 49.1 Å². The van der Waals surface area contributed by atoms with Gasteiger partial charge in [0.1, 0.15) is 11.6 Å². The highest BCUT2D eigenvalue weighted by Gasteiger charge is 2.23. The lowest BCUT2D eigenvalue weighted by atomic mass is 10.2. The number of para-hydroxylation sites is 1. The first-order valence-corrected chi connectivity index (χ1v) is 11.4. The monoisotopic (exact) mass is 407 g/mol. The average Bonchev–Trinajstić information content (AvgIpc) is 2.60. The minimum Gasteiger partial charge on any atom is -0.377 e. The van der Waals surface area contributed by atoms with Crippen molar-refractivity contribution < 1.29 is 13.3 Å². The predicted molar refractivity (Wildman–Crippen MR) is 111 cm³/mol. The van der Waals surface area contributed by atoms with Crippen LogP contribution in [-0.2, 0) is 14.5 Å². The predicted octanol–water partition coefficient (Wildman–Crippen LogP) is 3.28. The molecule has 2 heterocycles. The van der Waals surface area contributed by atoms with E-state index >= 15 is 0 Å². The van der Waals surface area contributed by atoms with E-state index in [4.69, 9.17) is 4.74 Å². The summed E-state index contributed by atoms with van der Waals surface area (Å²) in [6, 6.07) is 6.75. The van der Waals surface area contributed by atoms with Gasteiger partial charge in [-0.1, -0.05) is 12.1 Å². The molecule has 1 saturated heterocycles. The average molecular weight is 408 g/mol. The summed E-state index contributed by atoms with van der Waals surface area (Å²) < 4.78 is 36.5. The molecule has 0 bridgehead atoms. The Hall–Kier alpha value is -2.26. The van der Waals surface area contributed by atoms with Crippen LogP contribution in [0.2, 0.25) is 0 Å². The quantitative estimate of drug-likeness (QED) is 0.775. The van der Waals surface area contributed by atoms with E-state index in [1.807, 2.05) is 19.9 Å². The Bertz CT molecular complexity index is 962. The van der Waals surface area contributed by atoms with Crippen LogP contribution < -0.4 is 9.80 Å². The summed E-state index contributed by atoms with van der Waals surface area (Å²) in [5.41, 5.74) is 1.17. The Labute approximate surface area is 165 Å². The van der Waals surface area contributed by atoms with E-state index in [1.165, 1.54) is 6.07 Å². The highest BCUT2D eigenvalue weighted by atomic mass is 32.2. The summed E-state index contributed by atoms with van der Waals surface area (Å²) >= 11 is 0. The van der Waals surface area contributed by atoms with E-state index in [9.17, 15) is 8.60 Å². The third-order valence-electron chi connectivity index (χ3n) is 4.49. The standard InChI is InChI=1S/C19H26FN5O2S/c1-13-7-6-8-15(20)18(13)24(3)19-21-16(23-28(4,5)26)11-17(22-19)25-9-10-27-12-14(25)2/h6-8,11,14H,9-10,12H2,1-5H3/t14-/m1/s1. The number of halogens is 1. The molecule has 0 aliphatic carbocycles. The maximum Gasteiger partial charge on any atom is 0.233 e. The van der Waals surface area contributed by atoms with Crippen LogP contribution in [-0.4, -0.2) is 59.5 Å². The molecule has 152 valence electrons. The fourth-order valence-corrected chi connectivity index (χ4v) is 3.74. The first kappa shape index (κ1) is 20.5. The van der Waals surface area contributed by atoms with Crippen LogP contribution in [0, 0.1) is 12.7 Å². The van der Waals surface area contributed by atoms with Crippen molar-refractivity contribution in [2.45, 2.75) is 19.9 Å². The van der Waals surface area contributed by atoms with E-state index in [1.54, 1.807) is 36.6 Å². The van der Waals surface area contributed by atoms with Gasteiger partial charge in [0.15, 0.2) is 5.82 Å². The first-order chi connectivity index (χ1) is 13.2. The summed E-state index contributed by atoms with van der Waals surface area (Å²) in [6.45, 7) is 5.74. The zero-order valence-corrected chi connectivity index (χ0v) is 17.7. The van der Waals surface area contributed by atoms with Gasteiger partial charge in [0.25, 0.3) is 0 Å². The number of ether oxygens (including phenoxy) is 1. The summed E-state index contributed by atoms with van der Waals surface area (Å²) in [6.07, 6.45) is 3.10. The van der Waals surface area contributed by atoms with Gasteiger partial charge in [0, 0.05) is 41.9 Å². The first-order valence-electron chi connectivity index (χ1n) is 9.05. The van der Waals surface area contributed by atoms with Gasteiger partial charge in [0.05, 0.1) is 24.9 Å². The van der Waals surface area contributed by atoms with Crippen molar-refractivity contribution >= 4 is 33.0 Å². The molecule has 1 aromatic carbocycles. The minimum atomic E-state index is -2.41. The van der Waals surface area contributed by atoms with E-state index in [0.29, 0.717) is 43.0 Å². The smallest absolute Gasteiger partial charge is 0.233 e. The number of benzene rings is 1. The van der Waals surface area contributed by atoms with Crippen LogP contribution in [0.1, 0.15) is 12.5 Å². The van der Waals surface area contributed by atoms with Gasteiger partial charge in [-0.3, -0.25) is 0 Å². The minimum absolute atomic E-state index is 0.123. The maximum atomic E-state index is 14.5. The Morgan fingerprint density at radius 1 is 1.36 bits per heavy atom. The Morgan fingerprint density at radius 2 is 2.11 bits per heavy atom. The number of morpholine rings is 1. The normalized spacial score (nSPS) is 17.5. The number of anilines is 3. The molecule has 0 radical (unpaired) electrons. The fourth-order valence-electron chi connectivity index (χ4n) is 3.19. The number of rotatable bonds is 4. The molecule has 0 amide bonds. The van der Waals surface area contributed by atoms with Crippen LogP contribution in [0.5, 0.6) is 0 Å². The maximum absolute atomic E-state index is 14.5. The molecule has 0 saturated carbocycles. The van der Waals surface area contributed by atoms with Crippen molar-refractivity contribution in [3.05, 3.63) is 35.6 Å². The highest BCUT2D eigenvalue weighted by molar-refractivity contribution is 7.92. The molecule has 1 fully saturated rings. The molecule has 1 aliphatic rings. The number of nitrogens with zero attached hydrogens (tertiary/aromatic N) is 5. The molecule has 0 unspecified atom stereocenters. The topological polar surface area (TPSA) is 70.9 Å². The summed E-state index contributed by atoms with van der Waals surface area (Å²) in [5, 5.41) is 0. The molecule has 0 spiro atoms. The van der Waals surface area contributed by atoms with Gasteiger partial charge in [-0.25, -0.2) is 8.60 Å². The lowest BCUT2D eigenvalue weighted by Crippen LogP contribution is -2.44. The largest absolute Gasteiger partial charge is 0.377 e. The molecule has 1 aromatic heterocycles. The molecular weight excluding hydrogens is 381 g/mol. The zero-order chi connectivity index (χ0) is 20.5. The lowest BCUT2D eigenvalue weighted by molar-refractivity contribution is 0.0985. The van der Waals surface area contributed by atoms with Crippen LogP contribution in [0.4, 0.5) is 27.7 Å². The third-order valence-corrected chi connectivity index (χ3v) is 5.11. The van der Waals surface area contributed by atoms with Crippen LogP contribution in [0.25, 0.3) is 0 Å². The zero-order valence-electron chi connectivity index (χ0n) is 16.8. The molecule has 0 N–H and O–H groups in total. The molecule has 9 heteroatoms. The summed E-state index contributed by atoms with van der Waals surface area (Å²) in [5.74, 6) is 0.912. The highest BCUT2D eigenvalue weighted by Crippen LogP contribution is 2.31. The van der Waals surface area contributed by atoms with E-state index in [-0.39, 0.29) is 11.9 Å². The number of aryl methyl sites for hydroxylation is 1. The number of hydrogen-bond acceptors (Lipinski definition) is 7. The molecule has 2 aromatic rings. The van der Waals surface area contributed by atoms with Gasteiger partial charge in [0.2, 0.25) is 5.95 Å². The molecule has 7 nitrogen and oxygen atoms in total. The van der Waals surface area contributed by atoms with Gasteiger partial charge < -0.3 is 14.5 Å². The van der Waals surface area contributed by atoms with Crippen molar-refractivity contribution in [1.82, 2.24) is 9.97 Å². The van der Waals surface area contributed by atoms with Gasteiger partial charge in [-0.15, -0.1) is 0 Å². The molecule has 3 rings (SSSR count). The SMILES string of the molecule is Cc1cccc(F)c1N(C)c1nc(N=S(C)(C)=O)cc(N2CCOC[C@H]2C)n1. The Balaban J connectivity index is 2.13. The van der Waals surface area contributed by atoms with Crippen molar-refractivity contribution in [3.8, 4) is 0 Å². The summed E-state index contributed by atoms with van der Waals surface area (Å²) in [4.78, 5) is 12.8. The lowest BCUT2D eigenvalue weighted by Gasteiger charge is -2.34. The second-order valence-corrected chi connectivity index (χ2v) is 9.78. The number of hydrogen-bond donors (Lipinski definition) is 0. The van der Waals surface area contributed by atoms with E-state index in [2.05, 4.69) is 19.2 Å². The molecule has 1 aliphatic heterocycles. The molecular formula is C19H26FN5O2S. The van der Waals surface area contributed by atoms with E-state index < -0.39 is 9.73 Å². The van der Waals surface area contributed by atoms with Gasteiger partial charge >= 0.3 is 0 Å². The fraction of sp³-hybridized carbons (Fsp3) is 0.474. The van der Waals surface area contributed by atoms with Gasteiger partial charge in [-0.05, 0) is 25.5 Å². The van der Waals surface area contributed by atoms with Crippen LogP contribution in [0.15, 0.2) is 28.6 Å². The van der Waals surface area contributed by atoms with Crippen LogP contribution in [0.3, 0.4) is 0 Å². The molecule has 28 heavy (non-hydrogen) atoms. The van der Waals surface area contributed by atoms with Crippen molar-refractivity contribution in [3.63, 3.8) is 0 Å². The van der Waals surface area contributed by atoms with Crippen LogP contribution >= 0.6 is 0 Å². The Kier molecular flexibility index (Phi) is 5.85. The summed E-state index contributed by atoms with van der Waals surface area (Å²) in [7, 11) is -0.698. The van der Waals surface area contributed by atoms with E-state index in [0.717, 1.165) is 5.56 Å². The molecule has 1 atom stereocenters. The van der Waals surface area contributed by atoms with Crippen molar-refractivity contribution in [2.24, 2.45) is 4.36 Å². The third kappa shape index (κ3) is 4.59. The Morgan fingerprint density at radius 3 is 2.75 bits per heavy atom. The van der Waals surface area contributed by atoms with Gasteiger partial charge in [-0.2, -0.15) is 14.3 Å². The number of aromatic nitrogens is 2. The van der Waals surface area contributed by atoms with Crippen molar-refractivity contribution in [1.29, 1.82) is 0 Å².